The fourth-order valence-corrected chi connectivity index (χ4v) is 3.80. The highest BCUT2D eigenvalue weighted by Crippen LogP contribution is 2.28. The maximum atomic E-state index is 11.9. The molecule has 5 nitrogen and oxygen atoms in total. The molecule has 1 saturated heterocycles. The van der Waals surface area contributed by atoms with Crippen LogP contribution in [-0.2, 0) is 6.54 Å². The fraction of sp³-hybridized carbons (Fsp3) is 0.286. The van der Waals surface area contributed by atoms with Crippen molar-refractivity contribution in [2.45, 2.75) is 13.5 Å². The first kappa shape index (κ1) is 16.7. The van der Waals surface area contributed by atoms with E-state index < -0.39 is 0 Å². The zero-order valence-corrected chi connectivity index (χ0v) is 14.9. The molecule has 0 bridgehead atoms. The number of phenolic OH excluding ortho intramolecular Hbond substituents is 1. The van der Waals surface area contributed by atoms with Crippen molar-refractivity contribution in [2.75, 3.05) is 31.1 Å². The van der Waals surface area contributed by atoms with Crippen LogP contribution in [0.1, 0.15) is 11.1 Å². The van der Waals surface area contributed by atoms with E-state index in [0.717, 1.165) is 37.3 Å². The Hall–Kier alpha value is -2.79. The Kier molecular flexibility index (Phi) is 4.39. The fourth-order valence-electron chi connectivity index (χ4n) is 3.80. The number of piperazine rings is 1. The quantitative estimate of drug-likeness (QED) is 0.706. The molecule has 1 aliphatic heterocycles. The summed E-state index contributed by atoms with van der Waals surface area (Å²) >= 11 is 0. The Labute approximate surface area is 152 Å². The number of para-hydroxylation sites is 1. The molecular weight excluding hydrogens is 328 g/mol. The predicted octanol–water partition coefficient (Wildman–Crippen LogP) is 1.71. The number of benzene rings is 2. The molecule has 2 heterocycles. The minimum absolute atomic E-state index is 0.182. The Morgan fingerprint density at radius 2 is 1.85 bits per heavy atom. The zero-order chi connectivity index (χ0) is 18.1. The lowest BCUT2D eigenvalue weighted by atomic mass is 10.1. The maximum Gasteiger partial charge on any atom is 0.336 e. The van der Waals surface area contributed by atoms with Crippen LogP contribution in [0.5, 0.6) is 5.75 Å². The summed E-state index contributed by atoms with van der Waals surface area (Å²) in [6.45, 7) is 6.52. The second kappa shape index (κ2) is 6.84. The van der Waals surface area contributed by atoms with Gasteiger partial charge in [0.1, 0.15) is 17.9 Å². The van der Waals surface area contributed by atoms with Crippen LogP contribution in [0, 0.1) is 6.92 Å². The molecule has 1 aromatic heterocycles. The molecule has 1 fully saturated rings. The number of hydrogen-bond acceptors (Lipinski definition) is 4. The van der Waals surface area contributed by atoms with Gasteiger partial charge in [-0.3, -0.25) is 0 Å². The average molecular weight is 351 g/mol. The zero-order valence-electron chi connectivity index (χ0n) is 14.9. The van der Waals surface area contributed by atoms with Crippen LogP contribution in [-0.4, -0.2) is 31.3 Å². The summed E-state index contributed by atoms with van der Waals surface area (Å²) in [6.07, 6.45) is 0. The largest absolute Gasteiger partial charge is 0.507 e. The van der Waals surface area contributed by atoms with Gasteiger partial charge in [-0.05, 0) is 36.8 Å². The van der Waals surface area contributed by atoms with E-state index in [1.165, 1.54) is 16.7 Å². The first-order chi connectivity index (χ1) is 12.6. The van der Waals surface area contributed by atoms with Crippen LogP contribution < -0.4 is 15.4 Å². The number of hydrogen-bond donors (Lipinski definition) is 2. The van der Waals surface area contributed by atoms with Crippen LogP contribution in [0.15, 0.2) is 57.7 Å². The number of phenols is 1. The lowest BCUT2D eigenvalue weighted by Gasteiger charge is -2.33. The van der Waals surface area contributed by atoms with Gasteiger partial charge < -0.3 is 19.3 Å². The number of nitrogens with zero attached hydrogens (tertiary/aromatic N) is 1. The van der Waals surface area contributed by atoms with Gasteiger partial charge in [-0.25, -0.2) is 4.79 Å². The Morgan fingerprint density at radius 3 is 2.58 bits per heavy atom. The van der Waals surface area contributed by atoms with E-state index in [1.54, 1.807) is 6.07 Å². The minimum Gasteiger partial charge on any atom is -0.507 e. The third kappa shape index (κ3) is 3.30. The third-order valence-corrected chi connectivity index (χ3v) is 5.08. The number of rotatable bonds is 3. The van der Waals surface area contributed by atoms with Crippen LogP contribution in [0.25, 0.3) is 11.0 Å². The number of nitrogens with one attached hydrogen (secondary N) is 1. The van der Waals surface area contributed by atoms with Gasteiger partial charge in [0.05, 0.1) is 31.6 Å². The van der Waals surface area contributed by atoms with Crippen molar-refractivity contribution in [3.05, 3.63) is 70.1 Å². The Morgan fingerprint density at radius 1 is 1.12 bits per heavy atom. The van der Waals surface area contributed by atoms with E-state index in [-0.39, 0.29) is 11.4 Å². The summed E-state index contributed by atoms with van der Waals surface area (Å²) in [7, 11) is 0. The average Bonchev–Trinajstić information content (AvgIpc) is 2.62. The molecule has 0 atom stereocenters. The number of aromatic hydroxyl groups is 1. The van der Waals surface area contributed by atoms with Crippen molar-refractivity contribution in [3.8, 4) is 5.75 Å². The summed E-state index contributed by atoms with van der Waals surface area (Å²) in [6, 6.07) is 15.5. The van der Waals surface area contributed by atoms with E-state index in [1.807, 2.05) is 19.1 Å². The highest BCUT2D eigenvalue weighted by atomic mass is 16.4. The van der Waals surface area contributed by atoms with Crippen molar-refractivity contribution < 1.29 is 14.4 Å². The molecule has 0 saturated carbocycles. The van der Waals surface area contributed by atoms with Gasteiger partial charge >= 0.3 is 5.63 Å². The van der Waals surface area contributed by atoms with Crippen molar-refractivity contribution in [2.24, 2.45) is 0 Å². The molecule has 4 rings (SSSR count). The molecule has 2 N–H and O–H groups in total. The standard InChI is InChI=1S/C21H22N2O3/c1-15-11-18(24)21-16(13-20(25)26-19(21)12-15)14-22-7-9-23(10-8-22)17-5-3-2-4-6-17/h2-6,11-13,24H,7-10,14H2,1H3/p+1. The lowest BCUT2D eigenvalue weighted by Crippen LogP contribution is -3.13. The third-order valence-electron chi connectivity index (χ3n) is 5.08. The number of anilines is 1. The molecule has 0 amide bonds. The molecule has 5 heteroatoms. The first-order valence-electron chi connectivity index (χ1n) is 9.00. The van der Waals surface area contributed by atoms with E-state index >= 15 is 0 Å². The van der Waals surface area contributed by atoms with E-state index in [4.69, 9.17) is 4.42 Å². The monoisotopic (exact) mass is 351 g/mol. The van der Waals surface area contributed by atoms with E-state index in [0.29, 0.717) is 17.5 Å². The molecular formula is C21H23N2O3+. The molecule has 26 heavy (non-hydrogen) atoms. The highest BCUT2D eigenvalue weighted by Gasteiger charge is 2.22. The highest BCUT2D eigenvalue weighted by molar-refractivity contribution is 5.87. The van der Waals surface area contributed by atoms with Crippen LogP contribution in [0.4, 0.5) is 5.69 Å². The minimum atomic E-state index is -0.361. The lowest BCUT2D eigenvalue weighted by molar-refractivity contribution is -0.914. The number of quaternary nitrogens is 1. The van der Waals surface area contributed by atoms with Crippen LogP contribution in [0.3, 0.4) is 0 Å². The Balaban J connectivity index is 1.54. The normalized spacial score (nSPS) is 15.5. The molecule has 0 radical (unpaired) electrons. The number of aryl methyl sites for hydroxylation is 1. The number of fused-ring (bicyclic) bond motifs is 1. The van der Waals surface area contributed by atoms with Crippen molar-refractivity contribution in [1.82, 2.24) is 0 Å². The molecule has 0 spiro atoms. The first-order valence-corrected chi connectivity index (χ1v) is 9.00. The molecule has 3 aromatic rings. The summed E-state index contributed by atoms with van der Waals surface area (Å²) < 4.78 is 5.29. The molecule has 0 aliphatic carbocycles. The van der Waals surface area contributed by atoms with Crippen molar-refractivity contribution >= 4 is 16.7 Å². The Bertz CT molecular complexity index is 974. The second-order valence-corrected chi connectivity index (χ2v) is 7.00. The van der Waals surface area contributed by atoms with Gasteiger partial charge in [0.2, 0.25) is 0 Å². The SMILES string of the molecule is Cc1cc(O)c2c(C[NH+]3CCN(c4ccccc4)CC3)cc(=O)oc2c1. The van der Waals surface area contributed by atoms with Gasteiger partial charge in [-0.15, -0.1) is 0 Å². The van der Waals surface area contributed by atoms with Crippen LogP contribution >= 0.6 is 0 Å². The predicted molar refractivity (Wildman–Crippen MR) is 102 cm³/mol. The van der Waals surface area contributed by atoms with E-state index in [9.17, 15) is 9.90 Å². The molecule has 1 aliphatic rings. The summed E-state index contributed by atoms with van der Waals surface area (Å²) in [5.74, 6) is 0.182. The van der Waals surface area contributed by atoms with E-state index in [2.05, 4.69) is 29.2 Å². The molecule has 2 aromatic carbocycles. The van der Waals surface area contributed by atoms with Crippen molar-refractivity contribution in [1.29, 1.82) is 0 Å². The molecule has 0 unspecified atom stereocenters. The summed E-state index contributed by atoms with van der Waals surface area (Å²) in [5.41, 5.74) is 3.09. The van der Waals surface area contributed by atoms with Gasteiger partial charge in [-0.2, -0.15) is 0 Å². The van der Waals surface area contributed by atoms with Crippen molar-refractivity contribution in [3.63, 3.8) is 0 Å². The maximum absolute atomic E-state index is 11.9. The second-order valence-electron chi connectivity index (χ2n) is 7.00. The summed E-state index contributed by atoms with van der Waals surface area (Å²) in [4.78, 5) is 15.7. The summed E-state index contributed by atoms with van der Waals surface area (Å²) in [5, 5.41) is 11.0. The topological polar surface area (TPSA) is 58.1 Å². The van der Waals surface area contributed by atoms with Gasteiger partial charge in [0.15, 0.2) is 0 Å². The smallest absolute Gasteiger partial charge is 0.336 e. The van der Waals surface area contributed by atoms with Gasteiger partial charge in [0, 0.05) is 17.3 Å². The molecule has 134 valence electrons. The van der Waals surface area contributed by atoms with Crippen LogP contribution in [0.2, 0.25) is 0 Å². The van der Waals surface area contributed by atoms with Gasteiger partial charge in [-0.1, -0.05) is 18.2 Å². The van der Waals surface area contributed by atoms with Gasteiger partial charge in [0.25, 0.3) is 0 Å².